The summed E-state index contributed by atoms with van der Waals surface area (Å²) < 4.78 is 0. The van der Waals surface area contributed by atoms with E-state index in [1.54, 1.807) is 0 Å². The number of rotatable bonds is 4. The predicted molar refractivity (Wildman–Crippen MR) is 73.3 cm³/mol. The van der Waals surface area contributed by atoms with Gasteiger partial charge in [0.15, 0.2) is 0 Å². The van der Waals surface area contributed by atoms with Crippen LogP contribution in [0.5, 0.6) is 0 Å². The van der Waals surface area contributed by atoms with Gasteiger partial charge in [0.2, 0.25) is 5.91 Å². The van der Waals surface area contributed by atoms with Crippen molar-refractivity contribution in [3.05, 3.63) is 0 Å². The van der Waals surface area contributed by atoms with Crippen LogP contribution in [0.25, 0.3) is 0 Å². The molecular formula is C13H24N2OS. The number of carbonyl (C=O) groups excluding carboxylic acids is 1. The van der Waals surface area contributed by atoms with E-state index in [0.717, 1.165) is 32.1 Å². The van der Waals surface area contributed by atoms with Crippen LogP contribution in [-0.2, 0) is 4.79 Å². The first kappa shape index (κ1) is 13.2. The Hall–Kier alpha value is -0.220. The molecule has 1 N–H and O–H groups in total. The van der Waals surface area contributed by atoms with Crippen molar-refractivity contribution in [1.29, 1.82) is 0 Å². The fourth-order valence-corrected chi connectivity index (χ4v) is 3.84. The summed E-state index contributed by atoms with van der Waals surface area (Å²) in [4.78, 5) is 14.0. The van der Waals surface area contributed by atoms with Gasteiger partial charge in [-0.15, -0.1) is 11.8 Å². The summed E-state index contributed by atoms with van der Waals surface area (Å²) in [5.74, 6) is 1.84. The zero-order valence-electron chi connectivity index (χ0n) is 10.8. The SMILES string of the molecule is CC(SCC(=O)N1CCCC1)C1CCNCC1. The highest BCUT2D eigenvalue weighted by Gasteiger charge is 2.23. The minimum absolute atomic E-state index is 0.355. The highest BCUT2D eigenvalue weighted by atomic mass is 32.2. The minimum atomic E-state index is 0.355. The molecule has 2 saturated heterocycles. The first-order valence-corrected chi connectivity index (χ1v) is 7.92. The summed E-state index contributed by atoms with van der Waals surface area (Å²) in [6, 6.07) is 0. The molecule has 17 heavy (non-hydrogen) atoms. The van der Waals surface area contributed by atoms with Crippen molar-refractivity contribution in [1.82, 2.24) is 10.2 Å². The smallest absolute Gasteiger partial charge is 0.232 e. The molecule has 0 spiro atoms. The molecule has 3 nitrogen and oxygen atoms in total. The van der Waals surface area contributed by atoms with Gasteiger partial charge in [0.1, 0.15) is 0 Å². The molecule has 1 atom stereocenters. The van der Waals surface area contributed by atoms with E-state index in [1.165, 1.54) is 25.7 Å². The molecule has 1 unspecified atom stereocenters. The standard InChI is InChI=1S/C13H24N2OS/c1-11(12-4-6-14-7-5-12)17-10-13(16)15-8-2-3-9-15/h11-12,14H,2-10H2,1H3. The van der Waals surface area contributed by atoms with Crippen molar-refractivity contribution in [2.75, 3.05) is 31.9 Å². The van der Waals surface area contributed by atoms with E-state index in [0.29, 0.717) is 16.9 Å². The molecule has 4 heteroatoms. The molecule has 2 heterocycles. The summed E-state index contributed by atoms with van der Waals surface area (Å²) in [6.07, 6.45) is 4.93. The summed E-state index contributed by atoms with van der Waals surface area (Å²) in [5.41, 5.74) is 0. The Kier molecular flexibility index (Phi) is 5.16. The lowest BCUT2D eigenvalue weighted by atomic mass is 9.95. The second kappa shape index (κ2) is 6.64. The van der Waals surface area contributed by atoms with E-state index in [2.05, 4.69) is 12.2 Å². The lowest BCUT2D eigenvalue weighted by Gasteiger charge is -2.28. The summed E-state index contributed by atoms with van der Waals surface area (Å²) in [5, 5.41) is 4.02. The third kappa shape index (κ3) is 3.88. The Bertz CT molecular complexity index is 248. The molecule has 0 aromatic carbocycles. The molecule has 0 aromatic rings. The summed E-state index contributed by atoms with van der Waals surface area (Å²) in [7, 11) is 0. The molecule has 0 radical (unpaired) electrons. The van der Waals surface area contributed by atoms with Gasteiger partial charge in [-0.3, -0.25) is 4.79 Å². The molecule has 2 aliphatic heterocycles. The second-order valence-electron chi connectivity index (χ2n) is 5.19. The number of nitrogens with zero attached hydrogens (tertiary/aromatic N) is 1. The van der Waals surface area contributed by atoms with Crippen LogP contribution in [0.15, 0.2) is 0 Å². The van der Waals surface area contributed by atoms with Crippen molar-refractivity contribution in [2.45, 2.75) is 37.9 Å². The van der Waals surface area contributed by atoms with E-state index >= 15 is 0 Å². The average molecular weight is 256 g/mol. The van der Waals surface area contributed by atoms with E-state index in [9.17, 15) is 4.79 Å². The molecule has 2 fully saturated rings. The van der Waals surface area contributed by atoms with Crippen LogP contribution in [0.4, 0.5) is 0 Å². The maximum absolute atomic E-state index is 11.9. The van der Waals surface area contributed by atoms with Crippen molar-refractivity contribution >= 4 is 17.7 Å². The van der Waals surface area contributed by atoms with Crippen molar-refractivity contribution in [2.24, 2.45) is 5.92 Å². The van der Waals surface area contributed by atoms with Gasteiger partial charge in [0.05, 0.1) is 5.75 Å². The molecule has 1 amide bonds. The van der Waals surface area contributed by atoms with Gasteiger partial charge in [-0.25, -0.2) is 0 Å². The van der Waals surface area contributed by atoms with E-state index in [1.807, 2.05) is 16.7 Å². The number of carbonyl (C=O) groups is 1. The lowest BCUT2D eigenvalue weighted by molar-refractivity contribution is -0.127. The fourth-order valence-electron chi connectivity index (χ4n) is 2.71. The van der Waals surface area contributed by atoms with Crippen LogP contribution in [0, 0.1) is 5.92 Å². The Morgan fingerprint density at radius 1 is 1.35 bits per heavy atom. The largest absolute Gasteiger partial charge is 0.342 e. The maximum Gasteiger partial charge on any atom is 0.232 e. The van der Waals surface area contributed by atoms with Crippen molar-refractivity contribution in [3.63, 3.8) is 0 Å². The third-order valence-electron chi connectivity index (χ3n) is 3.98. The Labute approximate surface area is 109 Å². The van der Waals surface area contributed by atoms with E-state index < -0.39 is 0 Å². The first-order valence-electron chi connectivity index (χ1n) is 6.87. The van der Waals surface area contributed by atoms with Gasteiger partial charge in [-0.2, -0.15) is 0 Å². The molecule has 0 bridgehead atoms. The molecule has 0 aliphatic carbocycles. The fraction of sp³-hybridized carbons (Fsp3) is 0.923. The number of likely N-dealkylation sites (tertiary alicyclic amines) is 1. The van der Waals surface area contributed by atoms with Crippen molar-refractivity contribution < 1.29 is 4.79 Å². The van der Waals surface area contributed by atoms with Crippen LogP contribution in [0.1, 0.15) is 32.6 Å². The highest BCUT2D eigenvalue weighted by molar-refractivity contribution is 8.00. The third-order valence-corrected chi connectivity index (χ3v) is 5.30. The number of amides is 1. The van der Waals surface area contributed by atoms with Crippen LogP contribution >= 0.6 is 11.8 Å². The number of nitrogens with one attached hydrogen (secondary N) is 1. The zero-order valence-corrected chi connectivity index (χ0v) is 11.6. The van der Waals surface area contributed by atoms with Gasteiger partial charge in [0, 0.05) is 18.3 Å². The Morgan fingerprint density at radius 3 is 2.65 bits per heavy atom. The van der Waals surface area contributed by atoms with Crippen LogP contribution in [0.2, 0.25) is 0 Å². The van der Waals surface area contributed by atoms with E-state index in [-0.39, 0.29) is 0 Å². The zero-order chi connectivity index (χ0) is 12.1. The minimum Gasteiger partial charge on any atom is -0.342 e. The molecule has 2 aliphatic rings. The van der Waals surface area contributed by atoms with Gasteiger partial charge in [-0.1, -0.05) is 6.92 Å². The normalized spacial score (nSPS) is 23.9. The van der Waals surface area contributed by atoms with E-state index in [4.69, 9.17) is 0 Å². The summed E-state index contributed by atoms with van der Waals surface area (Å²) >= 11 is 1.86. The number of hydrogen-bond acceptors (Lipinski definition) is 3. The first-order chi connectivity index (χ1) is 8.27. The Balaban J connectivity index is 1.67. The van der Waals surface area contributed by atoms with Gasteiger partial charge in [0.25, 0.3) is 0 Å². The van der Waals surface area contributed by atoms with Crippen LogP contribution in [-0.4, -0.2) is 48.0 Å². The lowest BCUT2D eigenvalue weighted by Crippen LogP contribution is -2.33. The van der Waals surface area contributed by atoms with Crippen LogP contribution < -0.4 is 5.32 Å². The number of hydrogen-bond donors (Lipinski definition) is 1. The molecule has 2 rings (SSSR count). The molecular weight excluding hydrogens is 232 g/mol. The molecule has 0 saturated carbocycles. The quantitative estimate of drug-likeness (QED) is 0.831. The van der Waals surface area contributed by atoms with Crippen LogP contribution in [0.3, 0.4) is 0 Å². The maximum atomic E-state index is 11.9. The average Bonchev–Trinajstić information content (AvgIpc) is 2.90. The topological polar surface area (TPSA) is 32.3 Å². The predicted octanol–water partition coefficient (Wildman–Crippen LogP) is 1.73. The van der Waals surface area contributed by atoms with Gasteiger partial charge in [-0.05, 0) is 44.7 Å². The highest BCUT2D eigenvalue weighted by Crippen LogP contribution is 2.26. The second-order valence-corrected chi connectivity index (χ2v) is 6.56. The molecule has 0 aromatic heterocycles. The summed E-state index contributed by atoms with van der Waals surface area (Å²) in [6.45, 7) is 6.56. The van der Waals surface area contributed by atoms with Crippen molar-refractivity contribution in [3.8, 4) is 0 Å². The Morgan fingerprint density at radius 2 is 2.00 bits per heavy atom. The number of thioether (sulfide) groups is 1. The van der Waals surface area contributed by atoms with Gasteiger partial charge >= 0.3 is 0 Å². The monoisotopic (exact) mass is 256 g/mol. The van der Waals surface area contributed by atoms with Gasteiger partial charge < -0.3 is 10.2 Å². The molecule has 98 valence electrons. The number of piperidine rings is 1.